The number of methoxy groups -OCH3 is 2. The second-order valence-corrected chi connectivity index (χ2v) is 5.61. The molecule has 0 unspecified atom stereocenters. The molecule has 124 valence electrons. The maximum atomic E-state index is 11.9. The predicted octanol–water partition coefficient (Wildman–Crippen LogP) is 2.68. The lowest BCUT2D eigenvalue weighted by molar-refractivity contribution is 0.0655. The zero-order chi connectivity index (χ0) is 16.0. The van der Waals surface area contributed by atoms with E-state index >= 15 is 0 Å². The Morgan fingerprint density at radius 2 is 1.95 bits per heavy atom. The predicted molar refractivity (Wildman–Crippen MR) is 78.2 cm³/mol. The molecule has 0 radical (unpaired) electrons. The number of rotatable bonds is 4. The Labute approximate surface area is 129 Å². The number of ether oxygens (including phenoxy) is 2. The Morgan fingerprint density at radius 3 is 2.50 bits per heavy atom. The molecule has 7 heteroatoms. The van der Waals surface area contributed by atoms with Gasteiger partial charge in [0.25, 0.3) is 6.43 Å². The molecule has 22 heavy (non-hydrogen) atoms. The van der Waals surface area contributed by atoms with E-state index in [2.05, 4.69) is 19.6 Å². The van der Waals surface area contributed by atoms with Crippen molar-refractivity contribution in [2.24, 2.45) is 0 Å². The van der Waals surface area contributed by atoms with Gasteiger partial charge >= 0.3 is 0 Å². The van der Waals surface area contributed by atoms with Crippen LogP contribution in [0.4, 0.5) is 8.78 Å². The fraction of sp³-hybridized carbons (Fsp3) is 0.733. The molecule has 2 saturated heterocycles. The summed E-state index contributed by atoms with van der Waals surface area (Å²) in [4.78, 5) is 9.37. The van der Waals surface area contributed by atoms with Crippen LogP contribution in [0.25, 0.3) is 0 Å². The van der Waals surface area contributed by atoms with Gasteiger partial charge in [-0.2, -0.15) is 4.98 Å². The van der Waals surface area contributed by atoms with Crippen LogP contribution in [0.2, 0.25) is 0 Å². The van der Waals surface area contributed by atoms with Crippen LogP contribution in [0.3, 0.4) is 0 Å². The van der Waals surface area contributed by atoms with Crippen LogP contribution in [0.5, 0.6) is 5.88 Å². The molecule has 0 spiro atoms. The van der Waals surface area contributed by atoms with Crippen LogP contribution < -0.4 is 4.74 Å². The Balaban J connectivity index is 0.000000160. The van der Waals surface area contributed by atoms with E-state index in [0.29, 0.717) is 5.54 Å². The second kappa shape index (κ2) is 7.78. The van der Waals surface area contributed by atoms with Crippen molar-refractivity contribution in [3.05, 3.63) is 18.1 Å². The van der Waals surface area contributed by atoms with Crippen molar-refractivity contribution < 1.29 is 18.3 Å². The topological polar surface area (TPSA) is 47.5 Å². The van der Waals surface area contributed by atoms with Crippen LogP contribution in [0.15, 0.2) is 12.3 Å². The lowest BCUT2D eigenvalue weighted by Gasteiger charge is -2.30. The minimum Gasteiger partial charge on any atom is -0.481 e. The van der Waals surface area contributed by atoms with Gasteiger partial charge in [-0.25, -0.2) is 13.8 Å². The van der Waals surface area contributed by atoms with Gasteiger partial charge in [0.05, 0.1) is 13.7 Å². The Morgan fingerprint density at radius 1 is 1.27 bits per heavy atom. The normalized spacial score (nSPS) is 19.7. The lowest BCUT2D eigenvalue weighted by atomic mass is 9.95. The Bertz CT molecular complexity index is 464. The molecular weight excluding hydrogens is 292 g/mol. The van der Waals surface area contributed by atoms with Gasteiger partial charge in [0.1, 0.15) is 0 Å². The molecule has 0 bridgehead atoms. The lowest BCUT2D eigenvalue weighted by Crippen LogP contribution is -2.42. The van der Waals surface area contributed by atoms with E-state index in [9.17, 15) is 8.78 Å². The van der Waals surface area contributed by atoms with Crippen LogP contribution in [0.1, 0.15) is 37.9 Å². The minimum absolute atomic E-state index is 0.148. The molecule has 3 rings (SSSR count). The molecule has 1 aromatic heterocycles. The van der Waals surface area contributed by atoms with E-state index in [1.165, 1.54) is 58.1 Å². The Hall–Kier alpha value is -1.34. The molecule has 0 atom stereocenters. The molecular formula is C15H23F2N3O2. The summed E-state index contributed by atoms with van der Waals surface area (Å²) >= 11 is 0. The third-order valence-electron chi connectivity index (χ3n) is 4.28. The first-order valence-corrected chi connectivity index (χ1v) is 7.50. The summed E-state index contributed by atoms with van der Waals surface area (Å²) in [6.45, 7) is 3.57. The third kappa shape index (κ3) is 3.89. The van der Waals surface area contributed by atoms with Crippen molar-refractivity contribution in [1.82, 2.24) is 14.9 Å². The van der Waals surface area contributed by atoms with E-state index in [1.54, 1.807) is 0 Å². The van der Waals surface area contributed by atoms with Gasteiger partial charge in [-0.05, 0) is 38.8 Å². The Kier molecular flexibility index (Phi) is 6.02. The van der Waals surface area contributed by atoms with Gasteiger partial charge in [-0.3, -0.25) is 4.90 Å². The average molecular weight is 315 g/mol. The number of nitrogens with zero attached hydrogens (tertiary/aromatic N) is 3. The van der Waals surface area contributed by atoms with Crippen LogP contribution in [0, 0.1) is 0 Å². The molecule has 2 aliphatic rings. The highest BCUT2D eigenvalue weighted by atomic mass is 19.3. The summed E-state index contributed by atoms with van der Waals surface area (Å²) in [6, 6.07) is 1.41. The van der Waals surface area contributed by atoms with Gasteiger partial charge in [-0.1, -0.05) is 0 Å². The minimum atomic E-state index is -2.65. The van der Waals surface area contributed by atoms with Crippen molar-refractivity contribution in [3.8, 4) is 5.88 Å². The van der Waals surface area contributed by atoms with Gasteiger partial charge in [-0.15, -0.1) is 0 Å². The number of alkyl halides is 2. The van der Waals surface area contributed by atoms with E-state index in [1.807, 2.05) is 7.11 Å². The molecule has 0 amide bonds. The standard InChI is InChI=1S/C9H17NO.C6H6F2N2O/c1-11-8-9-4-2-6-10(9)7-3-5-9;1-11-4-2-3-9-6(10-4)5(7)8/h2-8H2,1H3;2-3,5H,1H3. The third-order valence-corrected chi connectivity index (χ3v) is 4.28. The number of fused-ring (bicyclic) bond motifs is 1. The van der Waals surface area contributed by atoms with Crippen LogP contribution >= 0.6 is 0 Å². The van der Waals surface area contributed by atoms with Gasteiger partial charge in [0.15, 0.2) is 5.82 Å². The zero-order valence-corrected chi connectivity index (χ0v) is 13.1. The van der Waals surface area contributed by atoms with Crippen LogP contribution in [-0.4, -0.2) is 54.3 Å². The highest BCUT2D eigenvalue weighted by Crippen LogP contribution is 2.38. The first kappa shape index (κ1) is 17.0. The van der Waals surface area contributed by atoms with Crippen molar-refractivity contribution in [2.45, 2.75) is 37.6 Å². The summed E-state index contributed by atoms with van der Waals surface area (Å²) in [5, 5.41) is 0. The first-order valence-electron chi connectivity index (χ1n) is 7.50. The van der Waals surface area contributed by atoms with Gasteiger partial charge in [0.2, 0.25) is 5.88 Å². The number of halogens is 2. The smallest absolute Gasteiger partial charge is 0.297 e. The monoisotopic (exact) mass is 315 g/mol. The van der Waals surface area contributed by atoms with E-state index in [4.69, 9.17) is 4.74 Å². The highest BCUT2D eigenvalue weighted by Gasteiger charge is 2.43. The summed E-state index contributed by atoms with van der Waals surface area (Å²) in [6.07, 6.45) is 4.06. The number of aromatic nitrogens is 2. The zero-order valence-electron chi connectivity index (χ0n) is 13.1. The molecule has 2 fully saturated rings. The molecule has 0 aromatic carbocycles. The SMILES string of the molecule is COCC12CCCN1CCC2.COc1ccnc(C(F)F)n1. The second-order valence-electron chi connectivity index (χ2n) is 5.61. The number of hydrogen-bond acceptors (Lipinski definition) is 5. The van der Waals surface area contributed by atoms with Gasteiger partial charge < -0.3 is 9.47 Å². The maximum Gasteiger partial charge on any atom is 0.297 e. The summed E-state index contributed by atoms with van der Waals surface area (Å²) in [5.41, 5.74) is 0.467. The molecule has 1 aromatic rings. The molecule has 0 saturated carbocycles. The van der Waals surface area contributed by atoms with E-state index in [-0.39, 0.29) is 5.88 Å². The molecule has 0 aliphatic carbocycles. The van der Waals surface area contributed by atoms with E-state index in [0.717, 1.165) is 6.61 Å². The summed E-state index contributed by atoms with van der Waals surface area (Å²) < 4.78 is 33.7. The number of hydrogen-bond donors (Lipinski definition) is 0. The van der Waals surface area contributed by atoms with Crippen molar-refractivity contribution in [1.29, 1.82) is 0 Å². The van der Waals surface area contributed by atoms with Crippen molar-refractivity contribution in [2.75, 3.05) is 33.9 Å². The molecule has 2 aliphatic heterocycles. The molecule has 5 nitrogen and oxygen atoms in total. The highest BCUT2D eigenvalue weighted by molar-refractivity contribution is 5.08. The average Bonchev–Trinajstić information content (AvgIpc) is 3.08. The largest absolute Gasteiger partial charge is 0.481 e. The van der Waals surface area contributed by atoms with Gasteiger partial charge in [0, 0.05) is 24.9 Å². The molecule has 3 heterocycles. The fourth-order valence-electron chi connectivity index (χ4n) is 3.30. The van der Waals surface area contributed by atoms with E-state index < -0.39 is 12.2 Å². The quantitative estimate of drug-likeness (QED) is 0.855. The summed E-state index contributed by atoms with van der Waals surface area (Å²) in [5.74, 6) is -0.361. The molecule has 0 N–H and O–H groups in total. The fourth-order valence-corrected chi connectivity index (χ4v) is 3.30. The first-order chi connectivity index (χ1) is 10.6. The maximum absolute atomic E-state index is 11.9. The van der Waals surface area contributed by atoms with Crippen LogP contribution in [-0.2, 0) is 4.74 Å². The van der Waals surface area contributed by atoms with Crippen molar-refractivity contribution in [3.63, 3.8) is 0 Å². The van der Waals surface area contributed by atoms with Crippen molar-refractivity contribution >= 4 is 0 Å². The summed E-state index contributed by atoms with van der Waals surface area (Å²) in [7, 11) is 3.18.